The summed E-state index contributed by atoms with van der Waals surface area (Å²) in [6, 6.07) is 14.5. The van der Waals surface area contributed by atoms with Gasteiger partial charge >= 0.3 is 0 Å². The van der Waals surface area contributed by atoms with Crippen molar-refractivity contribution in [3.05, 3.63) is 58.1 Å². The van der Waals surface area contributed by atoms with Gasteiger partial charge in [0, 0.05) is 5.33 Å². The highest BCUT2D eigenvalue weighted by molar-refractivity contribution is 9.10. The van der Waals surface area contributed by atoms with Crippen molar-refractivity contribution in [1.82, 2.24) is 0 Å². The highest BCUT2D eigenvalue weighted by Gasteiger charge is 2.06. The van der Waals surface area contributed by atoms with Crippen molar-refractivity contribution in [2.24, 2.45) is 0 Å². The average molecular weight is 398 g/mol. The van der Waals surface area contributed by atoms with Crippen molar-refractivity contribution in [3.8, 4) is 11.5 Å². The lowest BCUT2D eigenvalue weighted by atomic mass is 9.99. The van der Waals surface area contributed by atoms with Gasteiger partial charge in [0.2, 0.25) is 0 Å². The number of halogens is 2. The summed E-state index contributed by atoms with van der Waals surface area (Å²) in [6.07, 6.45) is 1.15. The molecule has 0 N–H and O–H groups in total. The molecule has 3 heteroatoms. The summed E-state index contributed by atoms with van der Waals surface area (Å²) in [5.74, 6) is 2.30. The molecule has 0 bridgehead atoms. The Hall–Kier alpha value is -0.800. The van der Waals surface area contributed by atoms with Crippen LogP contribution >= 0.6 is 31.9 Å². The van der Waals surface area contributed by atoms with Crippen molar-refractivity contribution in [3.63, 3.8) is 0 Å². The number of ether oxygens (including phenoxy) is 1. The first-order valence-corrected chi connectivity index (χ1v) is 8.67. The van der Waals surface area contributed by atoms with Crippen LogP contribution in [0.4, 0.5) is 0 Å². The number of rotatable bonds is 5. The molecule has 0 spiro atoms. The van der Waals surface area contributed by atoms with Crippen LogP contribution in [0.5, 0.6) is 11.5 Å². The van der Waals surface area contributed by atoms with E-state index in [1.54, 1.807) is 0 Å². The van der Waals surface area contributed by atoms with Crippen LogP contribution in [0.15, 0.2) is 46.9 Å². The monoisotopic (exact) mass is 396 g/mol. The molecule has 0 heterocycles. The van der Waals surface area contributed by atoms with E-state index in [1.165, 1.54) is 11.1 Å². The maximum Gasteiger partial charge on any atom is 0.141 e. The molecule has 0 fully saturated rings. The molecule has 0 amide bonds. The molecule has 2 rings (SSSR count). The van der Waals surface area contributed by atoms with Crippen LogP contribution < -0.4 is 4.74 Å². The van der Waals surface area contributed by atoms with Crippen LogP contribution in [0.3, 0.4) is 0 Å². The van der Waals surface area contributed by atoms with E-state index in [0.29, 0.717) is 5.92 Å². The smallest absolute Gasteiger partial charge is 0.141 e. The van der Waals surface area contributed by atoms with Gasteiger partial charge in [0.1, 0.15) is 11.5 Å². The van der Waals surface area contributed by atoms with Gasteiger partial charge in [-0.15, -0.1) is 0 Å². The maximum absolute atomic E-state index is 5.91. The van der Waals surface area contributed by atoms with Crippen LogP contribution in [0.1, 0.15) is 37.3 Å². The Morgan fingerprint density at radius 2 is 1.80 bits per heavy atom. The van der Waals surface area contributed by atoms with Crippen molar-refractivity contribution in [2.75, 3.05) is 0 Å². The third kappa shape index (κ3) is 3.86. The SMILES string of the molecule is CCC(C)c1ccc(Oc2ccc(CBr)cc2Br)cc1. The number of hydrogen-bond acceptors (Lipinski definition) is 1. The molecule has 2 aromatic rings. The molecule has 1 nitrogen and oxygen atoms in total. The second-order valence-electron chi connectivity index (χ2n) is 4.88. The fraction of sp³-hybridized carbons (Fsp3) is 0.294. The van der Waals surface area contributed by atoms with Crippen molar-refractivity contribution < 1.29 is 4.74 Å². The Balaban J connectivity index is 2.14. The van der Waals surface area contributed by atoms with Gasteiger partial charge in [0.15, 0.2) is 0 Å². The first-order valence-electron chi connectivity index (χ1n) is 6.76. The quantitative estimate of drug-likeness (QED) is 0.513. The summed E-state index contributed by atoms with van der Waals surface area (Å²) in [4.78, 5) is 0. The molecular formula is C17H18Br2O. The topological polar surface area (TPSA) is 9.23 Å². The van der Waals surface area contributed by atoms with Crippen molar-refractivity contribution >= 4 is 31.9 Å². The van der Waals surface area contributed by atoms with E-state index in [1.807, 2.05) is 18.2 Å². The average Bonchev–Trinajstić information content (AvgIpc) is 2.49. The van der Waals surface area contributed by atoms with Crippen molar-refractivity contribution in [1.29, 1.82) is 0 Å². The van der Waals surface area contributed by atoms with Gasteiger partial charge in [-0.1, -0.05) is 48.0 Å². The highest BCUT2D eigenvalue weighted by Crippen LogP contribution is 2.31. The van der Waals surface area contributed by atoms with E-state index >= 15 is 0 Å². The normalized spacial score (nSPS) is 12.2. The van der Waals surface area contributed by atoms with E-state index in [9.17, 15) is 0 Å². The minimum Gasteiger partial charge on any atom is -0.456 e. The van der Waals surface area contributed by atoms with Gasteiger partial charge in [-0.3, -0.25) is 0 Å². The molecule has 0 aliphatic carbocycles. The lowest BCUT2D eigenvalue weighted by molar-refractivity contribution is 0.479. The molecule has 0 saturated carbocycles. The van der Waals surface area contributed by atoms with Crippen molar-refractivity contribution in [2.45, 2.75) is 31.5 Å². The molecule has 1 atom stereocenters. The van der Waals surface area contributed by atoms with E-state index < -0.39 is 0 Å². The number of hydrogen-bond donors (Lipinski definition) is 0. The Labute approximate surface area is 137 Å². The lowest BCUT2D eigenvalue weighted by Gasteiger charge is -2.12. The minimum absolute atomic E-state index is 0.592. The largest absolute Gasteiger partial charge is 0.456 e. The minimum atomic E-state index is 0.592. The zero-order chi connectivity index (χ0) is 14.5. The van der Waals surface area contributed by atoms with Crippen LogP contribution in [-0.4, -0.2) is 0 Å². The van der Waals surface area contributed by atoms with Gasteiger partial charge in [-0.2, -0.15) is 0 Å². The Morgan fingerprint density at radius 3 is 2.35 bits per heavy atom. The van der Waals surface area contributed by atoms with Gasteiger partial charge < -0.3 is 4.74 Å². The Kier molecular flexibility index (Phi) is 5.67. The fourth-order valence-electron chi connectivity index (χ4n) is 1.94. The summed E-state index contributed by atoms with van der Waals surface area (Å²) in [6.45, 7) is 4.45. The number of alkyl halides is 1. The van der Waals surface area contributed by atoms with E-state index in [-0.39, 0.29) is 0 Å². The van der Waals surface area contributed by atoms with Crippen LogP contribution in [-0.2, 0) is 5.33 Å². The molecule has 0 aliphatic heterocycles. The number of benzene rings is 2. The Morgan fingerprint density at radius 1 is 1.10 bits per heavy atom. The molecule has 0 aromatic heterocycles. The zero-order valence-electron chi connectivity index (χ0n) is 11.7. The zero-order valence-corrected chi connectivity index (χ0v) is 14.9. The predicted molar refractivity (Wildman–Crippen MR) is 92.0 cm³/mol. The summed E-state index contributed by atoms with van der Waals surface area (Å²) in [5.41, 5.74) is 2.57. The van der Waals surface area contributed by atoms with Gasteiger partial charge in [-0.05, 0) is 63.7 Å². The van der Waals surface area contributed by atoms with E-state index in [0.717, 1.165) is 27.7 Å². The van der Waals surface area contributed by atoms with Gasteiger partial charge in [-0.25, -0.2) is 0 Å². The lowest BCUT2D eigenvalue weighted by Crippen LogP contribution is -1.92. The van der Waals surface area contributed by atoms with Crippen LogP contribution in [0.25, 0.3) is 0 Å². The van der Waals surface area contributed by atoms with Gasteiger partial charge in [0.25, 0.3) is 0 Å². The maximum atomic E-state index is 5.91. The molecule has 1 unspecified atom stereocenters. The second-order valence-corrected chi connectivity index (χ2v) is 6.29. The molecule has 0 radical (unpaired) electrons. The van der Waals surface area contributed by atoms with Gasteiger partial charge in [0.05, 0.1) is 4.47 Å². The second kappa shape index (κ2) is 7.28. The molecule has 2 aromatic carbocycles. The van der Waals surface area contributed by atoms with E-state index in [4.69, 9.17) is 4.74 Å². The van der Waals surface area contributed by atoms with Crippen LogP contribution in [0.2, 0.25) is 0 Å². The predicted octanol–water partition coefficient (Wildman–Crippen LogP) is 6.65. The third-order valence-electron chi connectivity index (χ3n) is 3.44. The summed E-state index contributed by atoms with van der Waals surface area (Å²) >= 11 is 7.00. The molecule has 0 aliphatic rings. The Bertz CT molecular complexity index is 564. The van der Waals surface area contributed by atoms with E-state index in [2.05, 4.69) is 70.0 Å². The molecule has 0 saturated heterocycles. The standard InChI is InChI=1S/C17H18Br2O/c1-3-12(2)14-5-7-15(8-6-14)20-17-9-4-13(11-18)10-16(17)19/h4-10,12H,3,11H2,1-2H3. The first kappa shape index (κ1) is 15.6. The molecule has 106 valence electrons. The molecular weight excluding hydrogens is 380 g/mol. The fourth-order valence-corrected chi connectivity index (χ4v) is 2.79. The first-order chi connectivity index (χ1) is 9.63. The third-order valence-corrected chi connectivity index (χ3v) is 4.71. The highest BCUT2D eigenvalue weighted by atomic mass is 79.9. The summed E-state index contributed by atoms with van der Waals surface area (Å²) < 4.78 is 6.89. The molecule has 20 heavy (non-hydrogen) atoms. The van der Waals surface area contributed by atoms with Crippen LogP contribution in [0, 0.1) is 0 Å². The summed E-state index contributed by atoms with van der Waals surface area (Å²) in [7, 11) is 0. The summed E-state index contributed by atoms with van der Waals surface area (Å²) in [5, 5.41) is 0.843.